The lowest BCUT2D eigenvalue weighted by Crippen LogP contribution is -2.57. The molecular weight excluding hydrogens is 316 g/mol. The number of benzene rings is 1. The first-order valence-electron chi connectivity index (χ1n) is 8.79. The van der Waals surface area contributed by atoms with Gasteiger partial charge in [0.05, 0.1) is 5.60 Å². The van der Waals surface area contributed by atoms with Crippen LogP contribution in [-0.4, -0.2) is 32.2 Å². The average Bonchev–Trinajstić information content (AvgIpc) is 2.51. The Kier molecular flexibility index (Phi) is 5.63. The largest absolute Gasteiger partial charge is 0.467 e. The van der Waals surface area contributed by atoms with Crippen molar-refractivity contribution in [2.45, 2.75) is 63.4 Å². The Bertz CT molecular complexity index is 593. The molecule has 4 heteroatoms. The van der Waals surface area contributed by atoms with E-state index in [2.05, 4.69) is 45.3 Å². The molecule has 1 fully saturated rings. The number of aliphatic hydroxyl groups is 1. The second-order valence-electron chi connectivity index (χ2n) is 8.44. The van der Waals surface area contributed by atoms with Gasteiger partial charge in [0.1, 0.15) is 5.75 Å². The molecule has 1 saturated carbocycles. The molecule has 2 rings (SSSR count). The van der Waals surface area contributed by atoms with Gasteiger partial charge in [-0.3, -0.25) is 0 Å². The van der Waals surface area contributed by atoms with E-state index in [0.717, 1.165) is 42.4 Å². The zero-order valence-corrected chi connectivity index (χ0v) is 16.8. The molecule has 0 heterocycles. The molecular formula is C20H32O3Si. The molecule has 0 aliphatic heterocycles. The Morgan fingerprint density at radius 1 is 1.29 bits per heavy atom. The number of rotatable bonds is 8. The van der Waals surface area contributed by atoms with Gasteiger partial charge in [-0.1, -0.05) is 44.8 Å². The van der Waals surface area contributed by atoms with Crippen LogP contribution < -0.4 is 4.74 Å². The molecule has 0 radical (unpaired) electrons. The van der Waals surface area contributed by atoms with E-state index in [4.69, 9.17) is 9.47 Å². The maximum Gasteiger partial charge on any atom is 0.189 e. The summed E-state index contributed by atoms with van der Waals surface area (Å²) in [4.78, 5) is 0. The lowest BCUT2D eigenvalue weighted by atomic mass is 9.54. The summed E-state index contributed by atoms with van der Waals surface area (Å²) in [6, 6.07) is 7.30. The minimum atomic E-state index is -1.08. The number of ether oxygens (including phenoxy) is 2. The third kappa shape index (κ3) is 3.93. The SMILES string of the molecule is C=C[C@@]1(O)CC[C@]1(C)c1ccc(C)cc1OCOCC[Si](C)(C)C. The fraction of sp³-hybridized carbons (Fsp3) is 0.600. The van der Waals surface area contributed by atoms with Crippen LogP contribution in [0.5, 0.6) is 5.75 Å². The molecule has 134 valence electrons. The van der Waals surface area contributed by atoms with Crippen molar-refractivity contribution in [3.8, 4) is 5.75 Å². The molecule has 3 nitrogen and oxygen atoms in total. The number of hydrogen-bond acceptors (Lipinski definition) is 3. The smallest absolute Gasteiger partial charge is 0.189 e. The fourth-order valence-electron chi connectivity index (χ4n) is 3.20. The van der Waals surface area contributed by atoms with E-state index >= 15 is 0 Å². The van der Waals surface area contributed by atoms with Gasteiger partial charge in [0.25, 0.3) is 0 Å². The highest BCUT2D eigenvalue weighted by Gasteiger charge is 2.55. The molecule has 1 aromatic rings. The van der Waals surface area contributed by atoms with Gasteiger partial charge in [0, 0.05) is 25.7 Å². The predicted octanol–water partition coefficient (Wildman–Crippen LogP) is 4.65. The molecule has 1 N–H and O–H groups in total. The minimum absolute atomic E-state index is 0.254. The molecule has 0 amide bonds. The van der Waals surface area contributed by atoms with Crippen molar-refractivity contribution in [1.82, 2.24) is 0 Å². The molecule has 1 aromatic carbocycles. The molecule has 0 bridgehead atoms. The van der Waals surface area contributed by atoms with Crippen molar-refractivity contribution in [3.63, 3.8) is 0 Å². The van der Waals surface area contributed by atoms with Gasteiger partial charge in [-0.05, 0) is 37.4 Å². The van der Waals surface area contributed by atoms with Gasteiger partial charge < -0.3 is 14.6 Å². The second kappa shape index (κ2) is 7.02. The maximum absolute atomic E-state index is 10.8. The molecule has 1 aliphatic rings. The summed E-state index contributed by atoms with van der Waals surface area (Å²) in [5.74, 6) is 0.811. The van der Waals surface area contributed by atoms with Crippen LogP contribution in [0.1, 0.15) is 30.9 Å². The van der Waals surface area contributed by atoms with E-state index in [9.17, 15) is 5.11 Å². The van der Waals surface area contributed by atoms with Crippen LogP contribution in [0.3, 0.4) is 0 Å². The highest BCUT2D eigenvalue weighted by Crippen LogP contribution is 2.54. The van der Waals surface area contributed by atoms with E-state index in [0.29, 0.717) is 0 Å². The van der Waals surface area contributed by atoms with Crippen molar-refractivity contribution in [2.75, 3.05) is 13.4 Å². The zero-order valence-electron chi connectivity index (χ0n) is 15.8. The lowest BCUT2D eigenvalue weighted by Gasteiger charge is -2.53. The van der Waals surface area contributed by atoms with Crippen molar-refractivity contribution >= 4 is 8.07 Å². The van der Waals surface area contributed by atoms with Gasteiger partial charge in [-0.25, -0.2) is 0 Å². The molecule has 0 spiro atoms. The summed E-state index contributed by atoms with van der Waals surface area (Å²) in [6.45, 7) is 16.0. The maximum atomic E-state index is 10.8. The van der Waals surface area contributed by atoms with Gasteiger partial charge in [0.2, 0.25) is 0 Å². The Hall–Kier alpha value is -1.10. The topological polar surface area (TPSA) is 38.7 Å². The fourth-order valence-corrected chi connectivity index (χ4v) is 3.96. The summed E-state index contributed by atoms with van der Waals surface area (Å²) < 4.78 is 11.6. The normalized spacial score (nSPS) is 26.8. The van der Waals surface area contributed by atoms with E-state index < -0.39 is 13.7 Å². The summed E-state index contributed by atoms with van der Waals surface area (Å²) in [7, 11) is -1.08. The van der Waals surface area contributed by atoms with Crippen LogP contribution in [0.4, 0.5) is 0 Å². The Labute approximate surface area is 147 Å². The van der Waals surface area contributed by atoms with Crippen LogP contribution >= 0.6 is 0 Å². The highest BCUT2D eigenvalue weighted by atomic mass is 28.3. The minimum Gasteiger partial charge on any atom is -0.467 e. The van der Waals surface area contributed by atoms with E-state index in [1.165, 1.54) is 0 Å². The third-order valence-electron chi connectivity index (χ3n) is 5.33. The van der Waals surface area contributed by atoms with Crippen LogP contribution in [0.2, 0.25) is 25.7 Å². The molecule has 2 atom stereocenters. The summed E-state index contributed by atoms with van der Waals surface area (Å²) in [5, 5.41) is 10.8. The number of aryl methyl sites for hydroxylation is 1. The first-order valence-corrected chi connectivity index (χ1v) is 12.5. The van der Waals surface area contributed by atoms with Crippen LogP contribution in [0, 0.1) is 6.92 Å². The van der Waals surface area contributed by atoms with E-state index in [1.807, 2.05) is 13.0 Å². The number of hydrogen-bond donors (Lipinski definition) is 1. The van der Waals surface area contributed by atoms with Crippen molar-refractivity contribution in [3.05, 3.63) is 42.0 Å². The van der Waals surface area contributed by atoms with Crippen LogP contribution in [0.15, 0.2) is 30.9 Å². The first-order chi connectivity index (χ1) is 11.1. The first kappa shape index (κ1) is 19.2. The van der Waals surface area contributed by atoms with Gasteiger partial charge >= 0.3 is 0 Å². The molecule has 0 unspecified atom stereocenters. The highest BCUT2D eigenvalue weighted by molar-refractivity contribution is 6.76. The summed E-state index contributed by atoms with van der Waals surface area (Å²) in [5.41, 5.74) is 0.964. The van der Waals surface area contributed by atoms with Crippen molar-refractivity contribution in [2.24, 2.45) is 0 Å². The molecule has 24 heavy (non-hydrogen) atoms. The molecule has 1 aliphatic carbocycles. The summed E-state index contributed by atoms with van der Waals surface area (Å²) >= 11 is 0. The average molecular weight is 349 g/mol. The standard InChI is InChI=1S/C20H32O3Si/c1-7-20(21)11-10-19(20,3)17-9-8-16(2)14-18(17)23-15-22-12-13-24(4,5)6/h7-9,14,21H,1,10-13,15H2,2-6H3/t19-,20-/m1/s1. The molecule has 0 aromatic heterocycles. The van der Waals surface area contributed by atoms with Gasteiger partial charge in [-0.15, -0.1) is 6.58 Å². The Balaban J connectivity index is 2.08. The van der Waals surface area contributed by atoms with E-state index in [-0.39, 0.29) is 12.2 Å². The monoisotopic (exact) mass is 348 g/mol. The zero-order chi connectivity index (χ0) is 18.0. The Morgan fingerprint density at radius 2 is 2.00 bits per heavy atom. The van der Waals surface area contributed by atoms with Gasteiger partial charge in [0.15, 0.2) is 6.79 Å². The predicted molar refractivity (Wildman–Crippen MR) is 103 cm³/mol. The molecule has 0 saturated heterocycles. The van der Waals surface area contributed by atoms with Gasteiger partial charge in [-0.2, -0.15) is 0 Å². The Morgan fingerprint density at radius 3 is 2.54 bits per heavy atom. The van der Waals surface area contributed by atoms with Crippen LogP contribution in [0.25, 0.3) is 0 Å². The van der Waals surface area contributed by atoms with E-state index in [1.54, 1.807) is 6.08 Å². The van der Waals surface area contributed by atoms with Crippen molar-refractivity contribution in [1.29, 1.82) is 0 Å². The summed E-state index contributed by atoms with van der Waals surface area (Å²) in [6.07, 6.45) is 3.34. The third-order valence-corrected chi connectivity index (χ3v) is 7.03. The van der Waals surface area contributed by atoms with Crippen molar-refractivity contribution < 1.29 is 14.6 Å². The quantitative estimate of drug-likeness (QED) is 0.321. The lowest BCUT2D eigenvalue weighted by molar-refractivity contribution is -0.0714. The van der Waals surface area contributed by atoms with Crippen LogP contribution in [-0.2, 0) is 10.2 Å². The second-order valence-corrected chi connectivity index (χ2v) is 14.1.